The van der Waals surface area contributed by atoms with E-state index in [1.54, 1.807) is 0 Å². The maximum atomic E-state index is 12.6. The molecule has 2 unspecified atom stereocenters. The SMILES string of the molecule is CC1(C)CN(CC2C(=O)C(C)(C)OC2(C)C)CC(CO)O1. The molecule has 0 aromatic heterocycles. The zero-order valence-corrected chi connectivity index (χ0v) is 14.1. The van der Waals surface area contributed by atoms with Crippen LogP contribution >= 0.6 is 0 Å². The molecule has 2 heterocycles. The predicted octanol–water partition coefficient (Wildman–Crippen LogP) is 1.23. The highest BCUT2D eigenvalue weighted by atomic mass is 16.5. The average Bonchev–Trinajstić information content (AvgIpc) is 2.45. The quantitative estimate of drug-likeness (QED) is 0.849. The third kappa shape index (κ3) is 3.47. The summed E-state index contributed by atoms with van der Waals surface area (Å²) in [6.07, 6.45) is -0.192. The first-order chi connectivity index (χ1) is 9.47. The molecule has 5 nitrogen and oxygen atoms in total. The van der Waals surface area contributed by atoms with Gasteiger partial charge in [0.15, 0.2) is 5.78 Å². The van der Waals surface area contributed by atoms with E-state index in [0.29, 0.717) is 13.1 Å². The first-order valence-electron chi connectivity index (χ1n) is 7.72. The summed E-state index contributed by atoms with van der Waals surface area (Å²) >= 11 is 0. The van der Waals surface area contributed by atoms with Crippen LogP contribution in [0, 0.1) is 5.92 Å². The fraction of sp³-hybridized carbons (Fsp3) is 0.938. The molecule has 2 aliphatic rings. The van der Waals surface area contributed by atoms with Crippen LogP contribution in [0.15, 0.2) is 0 Å². The normalized spacial score (nSPS) is 35.1. The summed E-state index contributed by atoms with van der Waals surface area (Å²) < 4.78 is 11.8. The lowest BCUT2D eigenvalue weighted by molar-refractivity contribution is -0.154. The zero-order chi connectivity index (χ0) is 16.1. The molecule has 0 aromatic rings. The van der Waals surface area contributed by atoms with E-state index in [1.165, 1.54) is 0 Å². The van der Waals surface area contributed by atoms with Gasteiger partial charge >= 0.3 is 0 Å². The molecule has 0 aliphatic carbocycles. The number of rotatable bonds is 3. The molecule has 0 bridgehead atoms. The van der Waals surface area contributed by atoms with Gasteiger partial charge in [-0.3, -0.25) is 9.69 Å². The minimum absolute atomic E-state index is 0.00390. The van der Waals surface area contributed by atoms with Crippen LogP contribution < -0.4 is 0 Å². The third-order valence-electron chi connectivity index (χ3n) is 4.46. The Balaban J connectivity index is 2.12. The molecule has 21 heavy (non-hydrogen) atoms. The number of carbonyl (C=O) groups excluding carboxylic acids is 1. The second kappa shape index (κ2) is 5.30. The fourth-order valence-electron chi connectivity index (χ4n) is 3.73. The number of hydrogen-bond acceptors (Lipinski definition) is 5. The van der Waals surface area contributed by atoms with E-state index >= 15 is 0 Å². The van der Waals surface area contributed by atoms with Crippen LogP contribution in [0.3, 0.4) is 0 Å². The largest absolute Gasteiger partial charge is 0.394 e. The van der Waals surface area contributed by atoms with Gasteiger partial charge in [0.05, 0.1) is 29.8 Å². The van der Waals surface area contributed by atoms with Crippen molar-refractivity contribution in [3.8, 4) is 0 Å². The van der Waals surface area contributed by atoms with Gasteiger partial charge in [-0.15, -0.1) is 0 Å². The standard InChI is InChI=1S/C16H29NO4/c1-14(2)10-17(7-11(9-18)20-14)8-12-13(19)16(5,6)21-15(12,3)4/h11-12,18H,7-10H2,1-6H3. The molecule has 2 aliphatic heterocycles. The van der Waals surface area contributed by atoms with Crippen molar-refractivity contribution in [3.05, 3.63) is 0 Å². The van der Waals surface area contributed by atoms with Gasteiger partial charge in [-0.1, -0.05) is 0 Å². The monoisotopic (exact) mass is 299 g/mol. The second-order valence-corrected chi connectivity index (χ2v) is 8.01. The van der Waals surface area contributed by atoms with Crippen molar-refractivity contribution in [2.45, 2.75) is 64.4 Å². The first-order valence-corrected chi connectivity index (χ1v) is 7.72. The molecule has 0 spiro atoms. The van der Waals surface area contributed by atoms with Crippen molar-refractivity contribution in [1.82, 2.24) is 4.90 Å². The molecule has 0 saturated carbocycles. The summed E-state index contributed by atoms with van der Waals surface area (Å²) in [6, 6.07) is 0. The van der Waals surface area contributed by atoms with Crippen molar-refractivity contribution in [3.63, 3.8) is 0 Å². The fourth-order valence-corrected chi connectivity index (χ4v) is 3.73. The maximum Gasteiger partial charge on any atom is 0.171 e. The smallest absolute Gasteiger partial charge is 0.171 e. The van der Waals surface area contributed by atoms with Crippen LogP contribution in [0.1, 0.15) is 41.5 Å². The summed E-state index contributed by atoms with van der Waals surface area (Å²) in [5.41, 5.74) is -1.49. The molecular formula is C16H29NO4. The van der Waals surface area contributed by atoms with Crippen molar-refractivity contribution >= 4 is 5.78 Å². The number of ether oxygens (including phenoxy) is 2. The van der Waals surface area contributed by atoms with Gasteiger partial charge in [-0.2, -0.15) is 0 Å². The second-order valence-electron chi connectivity index (χ2n) is 8.01. The Kier molecular flexibility index (Phi) is 4.26. The number of aliphatic hydroxyl groups excluding tert-OH is 1. The van der Waals surface area contributed by atoms with Gasteiger partial charge in [-0.05, 0) is 41.5 Å². The topological polar surface area (TPSA) is 59.0 Å². The molecule has 0 aromatic carbocycles. The Morgan fingerprint density at radius 2 is 1.86 bits per heavy atom. The summed E-state index contributed by atoms with van der Waals surface area (Å²) in [6.45, 7) is 13.8. The van der Waals surface area contributed by atoms with Crippen LogP contribution in [-0.2, 0) is 14.3 Å². The summed E-state index contributed by atoms with van der Waals surface area (Å²) in [4.78, 5) is 14.8. The minimum atomic E-state index is -0.716. The molecule has 5 heteroatoms. The molecule has 2 fully saturated rings. The minimum Gasteiger partial charge on any atom is -0.394 e. The van der Waals surface area contributed by atoms with Gasteiger partial charge in [0.1, 0.15) is 5.60 Å². The van der Waals surface area contributed by atoms with Gasteiger partial charge in [0.2, 0.25) is 0 Å². The number of hydrogen-bond donors (Lipinski definition) is 1. The van der Waals surface area contributed by atoms with Gasteiger partial charge in [0.25, 0.3) is 0 Å². The van der Waals surface area contributed by atoms with E-state index in [2.05, 4.69) is 4.90 Å². The highest BCUT2D eigenvalue weighted by Gasteiger charge is 2.54. The number of morpholine rings is 1. The Labute approximate surface area is 127 Å². The van der Waals surface area contributed by atoms with Crippen LogP contribution in [0.2, 0.25) is 0 Å². The molecule has 2 rings (SSSR count). The molecule has 0 radical (unpaired) electrons. The van der Waals surface area contributed by atoms with Crippen molar-refractivity contribution in [2.75, 3.05) is 26.2 Å². The van der Waals surface area contributed by atoms with Crippen molar-refractivity contribution < 1.29 is 19.4 Å². The van der Waals surface area contributed by atoms with E-state index in [9.17, 15) is 9.90 Å². The summed E-state index contributed by atoms with van der Waals surface area (Å²) in [5, 5.41) is 9.40. The average molecular weight is 299 g/mol. The van der Waals surface area contributed by atoms with Crippen LogP contribution in [0.5, 0.6) is 0 Å². The molecule has 2 saturated heterocycles. The lowest BCUT2D eigenvalue weighted by Crippen LogP contribution is -2.56. The van der Waals surface area contributed by atoms with Gasteiger partial charge in [-0.25, -0.2) is 0 Å². The lowest BCUT2D eigenvalue weighted by Gasteiger charge is -2.43. The number of carbonyl (C=O) groups is 1. The highest BCUT2D eigenvalue weighted by molar-refractivity contribution is 5.91. The van der Waals surface area contributed by atoms with E-state index in [-0.39, 0.29) is 30.0 Å². The zero-order valence-electron chi connectivity index (χ0n) is 14.1. The van der Waals surface area contributed by atoms with Crippen LogP contribution in [0.25, 0.3) is 0 Å². The Morgan fingerprint density at radius 1 is 1.24 bits per heavy atom. The predicted molar refractivity (Wildman–Crippen MR) is 80.2 cm³/mol. The third-order valence-corrected chi connectivity index (χ3v) is 4.46. The van der Waals surface area contributed by atoms with Gasteiger partial charge in [0, 0.05) is 19.6 Å². The van der Waals surface area contributed by atoms with E-state index in [1.807, 2.05) is 41.5 Å². The molecule has 2 atom stereocenters. The molecule has 0 amide bonds. The molecule has 1 N–H and O–H groups in total. The van der Waals surface area contributed by atoms with Crippen molar-refractivity contribution in [1.29, 1.82) is 0 Å². The Morgan fingerprint density at radius 3 is 2.33 bits per heavy atom. The highest BCUT2D eigenvalue weighted by Crippen LogP contribution is 2.40. The number of Topliss-reactive ketones (excluding diaryl/α,β-unsaturated/α-hetero) is 1. The Hall–Kier alpha value is -0.490. The lowest BCUT2D eigenvalue weighted by atomic mass is 9.85. The van der Waals surface area contributed by atoms with Gasteiger partial charge < -0.3 is 14.6 Å². The molecule has 122 valence electrons. The number of aliphatic hydroxyl groups is 1. The van der Waals surface area contributed by atoms with Crippen LogP contribution in [-0.4, -0.2) is 64.9 Å². The van der Waals surface area contributed by atoms with E-state index in [0.717, 1.165) is 6.54 Å². The summed E-state index contributed by atoms with van der Waals surface area (Å²) in [7, 11) is 0. The number of nitrogens with zero attached hydrogens (tertiary/aromatic N) is 1. The van der Waals surface area contributed by atoms with E-state index < -0.39 is 11.2 Å². The van der Waals surface area contributed by atoms with Crippen LogP contribution in [0.4, 0.5) is 0 Å². The first kappa shape index (κ1) is 16.9. The molecular weight excluding hydrogens is 270 g/mol. The Bertz CT molecular complexity index is 417. The number of ketones is 1. The van der Waals surface area contributed by atoms with E-state index in [4.69, 9.17) is 9.47 Å². The van der Waals surface area contributed by atoms with Crippen molar-refractivity contribution in [2.24, 2.45) is 5.92 Å². The maximum absolute atomic E-state index is 12.6. The summed E-state index contributed by atoms with van der Waals surface area (Å²) in [5.74, 6) is 0.0121.